The maximum absolute atomic E-state index is 11.9. The molecule has 0 saturated heterocycles. The number of nitrogens with one attached hydrogen (secondary N) is 2. The molecule has 2 rings (SSSR count). The van der Waals surface area contributed by atoms with Crippen LogP contribution in [0.1, 0.15) is 11.1 Å². The van der Waals surface area contributed by atoms with Crippen LogP contribution in [0.3, 0.4) is 0 Å². The van der Waals surface area contributed by atoms with Crippen molar-refractivity contribution in [2.45, 2.75) is 13.0 Å². The Morgan fingerprint density at radius 2 is 2.11 bits per heavy atom. The fraction of sp³-hybridized carbons (Fsp3) is 0.214. The Morgan fingerprint density at radius 3 is 2.83 bits per heavy atom. The molecule has 0 atom stereocenters. The first-order valence-corrected chi connectivity index (χ1v) is 6.77. The lowest BCUT2D eigenvalue weighted by atomic mass is 10.1. The van der Waals surface area contributed by atoms with Crippen LogP contribution >= 0.6 is 11.3 Å². The maximum Gasteiger partial charge on any atom is 0.228 e. The van der Waals surface area contributed by atoms with Crippen LogP contribution in [0.5, 0.6) is 0 Å². The van der Waals surface area contributed by atoms with E-state index in [1.54, 1.807) is 11.3 Å². The van der Waals surface area contributed by atoms with Gasteiger partial charge in [-0.25, -0.2) is 0 Å². The number of benzene rings is 1. The van der Waals surface area contributed by atoms with E-state index in [1.165, 1.54) is 0 Å². The molecule has 0 fully saturated rings. The summed E-state index contributed by atoms with van der Waals surface area (Å²) in [5.74, 6) is 0.0250. The van der Waals surface area contributed by atoms with Gasteiger partial charge in [0.1, 0.15) is 0 Å². The van der Waals surface area contributed by atoms with Gasteiger partial charge in [-0.3, -0.25) is 4.79 Å². The van der Waals surface area contributed by atoms with Crippen LogP contribution in [0.25, 0.3) is 0 Å². The molecule has 3 nitrogen and oxygen atoms in total. The highest BCUT2D eigenvalue weighted by Gasteiger charge is 2.07. The third-order valence-electron chi connectivity index (χ3n) is 2.60. The van der Waals surface area contributed by atoms with Gasteiger partial charge in [0.15, 0.2) is 0 Å². The van der Waals surface area contributed by atoms with Crippen molar-refractivity contribution in [3.8, 4) is 0 Å². The van der Waals surface area contributed by atoms with Gasteiger partial charge in [0.25, 0.3) is 0 Å². The third kappa shape index (κ3) is 3.42. The van der Waals surface area contributed by atoms with E-state index in [1.807, 2.05) is 48.1 Å². The fourth-order valence-corrected chi connectivity index (χ4v) is 2.43. The lowest BCUT2D eigenvalue weighted by molar-refractivity contribution is -0.115. The van der Waals surface area contributed by atoms with Crippen molar-refractivity contribution in [1.29, 1.82) is 0 Å². The second kappa shape index (κ2) is 6.33. The van der Waals surface area contributed by atoms with E-state index in [-0.39, 0.29) is 5.91 Å². The number of hydrogen-bond acceptors (Lipinski definition) is 3. The van der Waals surface area contributed by atoms with Gasteiger partial charge in [-0.15, -0.1) is 0 Å². The zero-order valence-electron chi connectivity index (χ0n) is 10.3. The minimum absolute atomic E-state index is 0.0250. The molecule has 1 amide bonds. The van der Waals surface area contributed by atoms with Crippen LogP contribution in [0.2, 0.25) is 0 Å². The molecular weight excluding hydrogens is 244 g/mol. The Morgan fingerprint density at radius 1 is 1.28 bits per heavy atom. The van der Waals surface area contributed by atoms with Gasteiger partial charge in [-0.2, -0.15) is 11.3 Å². The Balaban J connectivity index is 2.02. The first-order valence-electron chi connectivity index (χ1n) is 5.83. The average molecular weight is 260 g/mol. The molecule has 0 unspecified atom stereocenters. The van der Waals surface area contributed by atoms with Gasteiger partial charge in [0.05, 0.1) is 6.42 Å². The molecule has 0 bridgehead atoms. The van der Waals surface area contributed by atoms with Gasteiger partial charge in [-0.05, 0) is 41.1 Å². The van der Waals surface area contributed by atoms with E-state index in [9.17, 15) is 4.79 Å². The number of carbonyl (C=O) groups excluding carboxylic acids is 1. The summed E-state index contributed by atoms with van der Waals surface area (Å²) in [4.78, 5) is 11.9. The molecule has 0 aliphatic rings. The molecule has 94 valence electrons. The second-order valence-corrected chi connectivity index (χ2v) is 4.82. The molecule has 1 aromatic carbocycles. The third-order valence-corrected chi connectivity index (χ3v) is 3.34. The molecule has 0 radical (unpaired) electrons. The zero-order valence-corrected chi connectivity index (χ0v) is 11.1. The zero-order chi connectivity index (χ0) is 12.8. The minimum Gasteiger partial charge on any atom is -0.325 e. The van der Waals surface area contributed by atoms with Crippen LogP contribution < -0.4 is 10.6 Å². The van der Waals surface area contributed by atoms with Crippen LogP contribution in [0.4, 0.5) is 5.69 Å². The Labute approximate surface area is 111 Å². The highest BCUT2D eigenvalue weighted by Crippen LogP contribution is 2.15. The van der Waals surface area contributed by atoms with E-state index in [0.717, 1.165) is 23.4 Å². The number of amides is 1. The minimum atomic E-state index is 0.0250. The molecule has 0 aliphatic heterocycles. The number of carbonyl (C=O) groups is 1. The molecular formula is C14H16N2OS. The summed E-state index contributed by atoms with van der Waals surface area (Å²) in [5, 5.41) is 10.0. The molecule has 2 N–H and O–H groups in total. The van der Waals surface area contributed by atoms with Crippen LogP contribution in [-0.2, 0) is 17.8 Å². The number of anilines is 1. The van der Waals surface area contributed by atoms with Crippen molar-refractivity contribution in [3.63, 3.8) is 0 Å². The molecule has 0 aliphatic carbocycles. The standard InChI is InChI=1S/C14H16N2OS/c1-15-9-12-4-2-3-5-13(12)16-14(17)8-11-6-7-18-10-11/h2-7,10,15H,8-9H2,1H3,(H,16,17). The number of rotatable bonds is 5. The summed E-state index contributed by atoms with van der Waals surface area (Å²) in [7, 11) is 1.89. The molecule has 0 saturated carbocycles. The van der Waals surface area contributed by atoms with Crippen LogP contribution in [-0.4, -0.2) is 13.0 Å². The summed E-state index contributed by atoms with van der Waals surface area (Å²) in [5.41, 5.74) is 3.04. The van der Waals surface area contributed by atoms with Gasteiger partial charge < -0.3 is 10.6 Å². The quantitative estimate of drug-likeness (QED) is 0.867. The highest BCUT2D eigenvalue weighted by atomic mass is 32.1. The Bertz CT molecular complexity index is 508. The van der Waals surface area contributed by atoms with Gasteiger partial charge in [-0.1, -0.05) is 18.2 Å². The SMILES string of the molecule is CNCc1ccccc1NC(=O)Cc1ccsc1. The van der Waals surface area contributed by atoms with Crippen molar-refractivity contribution in [2.24, 2.45) is 0 Å². The van der Waals surface area contributed by atoms with E-state index >= 15 is 0 Å². The number of thiophene rings is 1. The highest BCUT2D eigenvalue weighted by molar-refractivity contribution is 7.08. The predicted octanol–water partition coefficient (Wildman–Crippen LogP) is 2.65. The summed E-state index contributed by atoms with van der Waals surface area (Å²) in [6, 6.07) is 9.82. The molecule has 1 aromatic heterocycles. The van der Waals surface area contributed by atoms with Crippen molar-refractivity contribution in [2.75, 3.05) is 12.4 Å². The van der Waals surface area contributed by atoms with E-state index in [2.05, 4.69) is 10.6 Å². The van der Waals surface area contributed by atoms with Crippen molar-refractivity contribution in [1.82, 2.24) is 5.32 Å². The van der Waals surface area contributed by atoms with Crippen molar-refractivity contribution in [3.05, 3.63) is 52.2 Å². The molecule has 2 aromatic rings. The Hall–Kier alpha value is -1.65. The van der Waals surface area contributed by atoms with Gasteiger partial charge >= 0.3 is 0 Å². The van der Waals surface area contributed by atoms with Gasteiger partial charge in [0.2, 0.25) is 5.91 Å². The van der Waals surface area contributed by atoms with Crippen LogP contribution in [0, 0.1) is 0 Å². The molecule has 4 heteroatoms. The summed E-state index contributed by atoms with van der Waals surface area (Å²) < 4.78 is 0. The van der Waals surface area contributed by atoms with E-state index in [4.69, 9.17) is 0 Å². The van der Waals surface area contributed by atoms with Crippen molar-refractivity contribution < 1.29 is 4.79 Å². The molecule has 0 spiro atoms. The van der Waals surface area contributed by atoms with E-state index in [0.29, 0.717) is 6.42 Å². The number of para-hydroxylation sites is 1. The van der Waals surface area contributed by atoms with Gasteiger partial charge in [0, 0.05) is 12.2 Å². The maximum atomic E-state index is 11.9. The molecule has 18 heavy (non-hydrogen) atoms. The van der Waals surface area contributed by atoms with E-state index < -0.39 is 0 Å². The summed E-state index contributed by atoms with van der Waals surface area (Å²) in [6.45, 7) is 0.745. The molecule has 1 heterocycles. The Kier molecular flexibility index (Phi) is 4.50. The van der Waals surface area contributed by atoms with Crippen LogP contribution in [0.15, 0.2) is 41.1 Å². The normalized spacial score (nSPS) is 10.3. The average Bonchev–Trinajstić information content (AvgIpc) is 2.84. The second-order valence-electron chi connectivity index (χ2n) is 4.04. The van der Waals surface area contributed by atoms with Crippen molar-refractivity contribution >= 4 is 22.9 Å². The number of hydrogen-bond donors (Lipinski definition) is 2. The first-order chi connectivity index (χ1) is 8.79. The fourth-order valence-electron chi connectivity index (χ4n) is 1.76. The summed E-state index contributed by atoms with van der Waals surface area (Å²) >= 11 is 1.61. The lowest BCUT2D eigenvalue weighted by Crippen LogP contribution is -2.16. The smallest absolute Gasteiger partial charge is 0.228 e. The largest absolute Gasteiger partial charge is 0.325 e. The first kappa shape index (κ1) is 12.8. The lowest BCUT2D eigenvalue weighted by Gasteiger charge is -2.10. The predicted molar refractivity (Wildman–Crippen MR) is 75.9 cm³/mol. The monoisotopic (exact) mass is 260 g/mol. The topological polar surface area (TPSA) is 41.1 Å². The summed E-state index contributed by atoms with van der Waals surface area (Å²) in [6.07, 6.45) is 0.428.